The van der Waals surface area contributed by atoms with E-state index in [2.05, 4.69) is 17.4 Å². The lowest BCUT2D eigenvalue weighted by molar-refractivity contribution is -0.125. The van der Waals surface area contributed by atoms with Gasteiger partial charge in [0.15, 0.2) is 0 Å². The van der Waals surface area contributed by atoms with Crippen molar-refractivity contribution >= 4 is 5.91 Å². The second kappa shape index (κ2) is 8.00. The van der Waals surface area contributed by atoms with E-state index in [1.807, 2.05) is 47.3 Å². The Hall–Kier alpha value is -2.03. The smallest absolute Gasteiger partial charge is 0.243 e. The highest BCUT2D eigenvalue weighted by Crippen LogP contribution is 2.20. The van der Waals surface area contributed by atoms with Crippen LogP contribution in [-0.2, 0) is 11.2 Å². The maximum atomic E-state index is 12.9. The van der Waals surface area contributed by atoms with Crippen LogP contribution < -0.4 is 5.32 Å². The molecule has 2 aromatic rings. The molecular formula is C20H26N2O. The summed E-state index contributed by atoms with van der Waals surface area (Å²) in [5.74, 6) is 0.150. The van der Waals surface area contributed by atoms with Gasteiger partial charge in [0.1, 0.15) is 6.04 Å². The zero-order valence-electron chi connectivity index (χ0n) is 13.7. The summed E-state index contributed by atoms with van der Waals surface area (Å²) in [5, 5.41) is 3.31. The van der Waals surface area contributed by atoms with Crippen molar-refractivity contribution in [1.82, 2.24) is 9.88 Å². The Kier molecular flexibility index (Phi) is 5.51. The van der Waals surface area contributed by atoms with Crippen LogP contribution in [0.1, 0.15) is 50.1 Å². The number of nitrogens with one attached hydrogen (secondary N) is 1. The molecular weight excluding hydrogens is 284 g/mol. The van der Waals surface area contributed by atoms with E-state index in [4.69, 9.17) is 0 Å². The van der Waals surface area contributed by atoms with Crippen LogP contribution in [0.25, 0.3) is 0 Å². The van der Waals surface area contributed by atoms with Gasteiger partial charge in [-0.3, -0.25) is 4.79 Å². The average molecular weight is 310 g/mol. The molecule has 0 saturated heterocycles. The molecule has 1 N–H and O–H groups in total. The van der Waals surface area contributed by atoms with Gasteiger partial charge in [0.25, 0.3) is 0 Å². The molecule has 1 fully saturated rings. The van der Waals surface area contributed by atoms with Crippen molar-refractivity contribution in [3.05, 3.63) is 60.4 Å². The average Bonchev–Trinajstić information content (AvgIpc) is 2.98. The van der Waals surface area contributed by atoms with Crippen molar-refractivity contribution in [3.63, 3.8) is 0 Å². The Morgan fingerprint density at radius 3 is 2.30 bits per heavy atom. The fourth-order valence-corrected chi connectivity index (χ4v) is 3.45. The summed E-state index contributed by atoms with van der Waals surface area (Å²) < 4.78 is 2.03. The van der Waals surface area contributed by atoms with Crippen LogP contribution in [0.5, 0.6) is 0 Å². The van der Waals surface area contributed by atoms with Crippen molar-refractivity contribution in [3.8, 4) is 0 Å². The summed E-state index contributed by atoms with van der Waals surface area (Å²) in [6.45, 7) is 0. The van der Waals surface area contributed by atoms with Crippen molar-refractivity contribution in [2.45, 2.75) is 57.0 Å². The molecule has 0 unspecified atom stereocenters. The molecule has 122 valence electrons. The van der Waals surface area contributed by atoms with Crippen LogP contribution in [0, 0.1) is 0 Å². The van der Waals surface area contributed by atoms with E-state index >= 15 is 0 Å². The fraction of sp³-hybridized carbons (Fsp3) is 0.450. The number of nitrogens with zero attached hydrogens (tertiary/aromatic N) is 1. The minimum atomic E-state index is -0.171. The summed E-state index contributed by atoms with van der Waals surface area (Å²) in [6, 6.07) is 14.4. The van der Waals surface area contributed by atoms with Gasteiger partial charge in [-0.05, 0) is 30.5 Å². The van der Waals surface area contributed by atoms with Gasteiger partial charge in [0, 0.05) is 24.9 Å². The van der Waals surface area contributed by atoms with Crippen LogP contribution in [-0.4, -0.2) is 16.5 Å². The summed E-state index contributed by atoms with van der Waals surface area (Å²) in [7, 11) is 0. The molecule has 1 amide bonds. The quantitative estimate of drug-likeness (QED) is 0.829. The number of benzene rings is 1. The minimum Gasteiger partial charge on any atom is -0.352 e. The Morgan fingerprint density at radius 2 is 1.65 bits per heavy atom. The zero-order valence-corrected chi connectivity index (χ0v) is 13.7. The molecule has 1 saturated carbocycles. The normalized spacial score (nSPS) is 17.4. The predicted molar refractivity (Wildman–Crippen MR) is 93.2 cm³/mol. The van der Waals surface area contributed by atoms with Gasteiger partial charge in [0.05, 0.1) is 0 Å². The number of amides is 1. The van der Waals surface area contributed by atoms with Crippen LogP contribution in [0.4, 0.5) is 0 Å². The van der Waals surface area contributed by atoms with E-state index in [1.165, 1.54) is 31.2 Å². The molecule has 3 nitrogen and oxygen atoms in total. The van der Waals surface area contributed by atoms with E-state index in [1.54, 1.807) is 0 Å². The van der Waals surface area contributed by atoms with Gasteiger partial charge < -0.3 is 9.88 Å². The van der Waals surface area contributed by atoms with E-state index in [0.717, 1.165) is 19.3 Å². The summed E-state index contributed by atoms with van der Waals surface area (Å²) in [4.78, 5) is 12.9. The highest BCUT2D eigenvalue weighted by Gasteiger charge is 2.23. The Balaban J connectivity index is 1.71. The van der Waals surface area contributed by atoms with Crippen molar-refractivity contribution in [2.24, 2.45) is 0 Å². The first-order valence-corrected chi connectivity index (χ1v) is 8.80. The molecule has 1 aromatic heterocycles. The number of hydrogen-bond donors (Lipinski definition) is 1. The lowest BCUT2D eigenvalue weighted by atomic mass is 10.0. The van der Waals surface area contributed by atoms with Gasteiger partial charge in [-0.1, -0.05) is 56.0 Å². The first-order chi connectivity index (χ1) is 11.3. The predicted octanol–water partition coefficient (Wildman–Crippen LogP) is 4.11. The zero-order chi connectivity index (χ0) is 15.9. The third-order valence-corrected chi connectivity index (χ3v) is 4.76. The summed E-state index contributed by atoms with van der Waals surface area (Å²) >= 11 is 0. The molecule has 3 heteroatoms. The van der Waals surface area contributed by atoms with E-state index in [0.29, 0.717) is 6.04 Å². The Labute approximate surface area is 138 Å². The maximum Gasteiger partial charge on any atom is 0.243 e. The summed E-state index contributed by atoms with van der Waals surface area (Å²) in [5.41, 5.74) is 1.20. The first kappa shape index (κ1) is 15.9. The number of carbonyl (C=O) groups is 1. The minimum absolute atomic E-state index is 0.150. The van der Waals surface area contributed by atoms with Gasteiger partial charge >= 0.3 is 0 Å². The van der Waals surface area contributed by atoms with Crippen molar-refractivity contribution in [1.29, 1.82) is 0 Å². The molecule has 23 heavy (non-hydrogen) atoms. The molecule has 0 spiro atoms. The third kappa shape index (κ3) is 4.47. The monoisotopic (exact) mass is 310 g/mol. The molecule has 0 bridgehead atoms. The van der Waals surface area contributed by atoms with Gasteiger partial charge in [-0.2, -0.15) is 0 Å². The van der Waals surface area contributed by atoms with E-state index in [-0.39, 0.29) is 11.9 Å². The molecule has 1 aliphatic rings. The topological polar surface area (TPSA) is 34.0 Å². The molecule has 0 radical (unpaired) electrons. The molecule has 1 atom stereocenters. The molecule has 1 heterocycles. The fourth-order valence-electron chi connectivity index (χ4n) is 3.45. The number of rotatable bonds is 5. The van der Waals surface area contributed by atoms with Crippen molar-refractivity contribution in [2.75, 3.05) is 0 Å². The third-order valence-electron chi connectivity index (χ3n) is 4.76. The Bertz CT molecular complexity index is 583. The largest absolute Gasteiger partial charge is 0.352 e. The maximum absolute atomic E-state index is 12.9. The molecule has 0 aliphatic heterocycles. The standard InChI is InChI=1S/C20H26N2O/c23-20(21-18-12-6-1-2-7-13-18)19(22-14-8-9-15-22)16-17-10-4-3-5-11-17/h3-5,8-11,14-15,18-19H,1-2,6-7,12-13,16H2,(H,21,23)/t19-/m1/s1. The van der Waals surface area contributed by atoms with Crippen molar-refractivity contribution < 1.29 is 4.79 Å². The summed E-state index contributed by atoms with van der Waals surface area (Å²) in [6.07, 6.45) is 12.0. The lowest BCUT2D eigenvalue weighted by Gasteiger charge is -2.23. The SMILES string of the molecule is O=C(NC1CCCCCC1)[C@@H](Cc1ccccc1)n1cccc1. The second-order valence-corrected chi connectivity index (χ2v) is 6.53. The van der Waals surface area contributed by atoms with E-state index in [9.17, 15) is 4.79 Å². The highest BCUT2D eigenvalue weighted by atomic mass is 16.2. The number of carbonyl (C=O) groups excluding carboxylic acids is 1. The number of aromatic nitrogens is 1. The van der Waals surface area contributed by atoms with Crippen LogP contribution in [0.2, 0.25) is 0 Å². The van der Waals surface area contributed by atoms with E-state index < -0.39 is 0 Å². The van der Waals surface area contributed by atoms with Gasteiger partial charge in [0.2, 0.25) is 5.91 Å². The van der Waals surface area contributed by atoms with Crippen LogP contribution in [0.15, 0.2) is 54.9 Å². The first-order valence-electron chi connectivity index (χ1n) is 8.80. The number of hydrogen-bond acceptors (Lipinski definition) is 1. The molecule has 3 rings (SSSR count). The Morgan fingerprint density at radius 1 is 1.00 bits per heavy atom. The molecule has 1 aliphatic carbocycles. The molecule has 1 aromatic carbocycles. The lowest BCUT2D eigenvalue weighted by Crippen LogP contribution is -2.40. The second-order valence-electron chi connectivity index (χ2n) is 6.53. The van der Waals surface area contributed by atoms with Crippen LogP contribution >= 0.6 is 0 Å². The highest BCUT2D eigenvalue weighted by molar-refractivity contribution is 5.81. The van der Waals surface area contributed by atoms with Gasteiger partial charge in [-0.15, -0.1) is 0 Å². The van der Waals surface area contributed by atoms with Crippen LogP contribution in [0.3, 0.4) is 0 Å². The van der Waals surface area contributed by atoms with Gasteiger partial charge in [-0.25, -0.2) is 0 Å².